The molecule has 1 fully saturated rings. The molecule has 12 heavy (non-hydrogen) atoms. The number of hydrogen-bond donors (Lipinski definition) is 0. The normalized spacial score (nSPS) is 36.8. The molecule has 3 nitrogen and oxygen atoms in total. The van der Waals surface area contributed by atoms with Crippen LogP contribution in [0.2, 0.25) is 0 Å². The first-order valence-electron chi connectivity index (χ1n) is 4.68. The van der Waals surface area contributed by atoms with Gasteiger partial charge in [0.05, 0.1) is 12.2 Å². The van der Waals surface area contributed by atoms with Gasteiger partial charge in [0.1, 0.15) is 0 Å². The summed E-state index contributed by atoms with van der Waals surface area (Å²) in [5.41, 5.74) is 0. The lowest BCUT2D eigenvalue weighted by atomic mass is 10.1. The van der Waals surface area contributed by atoms with E-state index in [4.69, 9.17) is 14.2 Å². The largest absolute Gasteiger partial charge is 0.330 e. The van der Waals surface area contributed by atoms with Gasteiger partial charge >= 0.3 is 0 Å². The predicted octanol–water partition coefficient (Wildman–Crippen LogP) is 1.91. The summed E-state index contributed by atoms with van der Waals surface area (Å²) in [6, 6.07) is 0. The maximum absolute atomic E-state index is 5.50. The molecule has 0 N–H and O–H groups in total. The Morgan fingerprint density at radius 1 is 1.33 bits per heavy atom. The van der Waals surface area contributed by atoms with Crippen molar-refractivity contribution >= 4 is 0 Å². The zero-order valence-electron chi connectivity index (χ0n) is 8.08. The van der Waals surface area contributed by atoms with Crippen molar-refractivity contribution in [3.05, 3.63) is 0 Å². The van der Waals surface area contributed by atoms with Crippen LogP contribution in [0.25, 0.3) is 0 Å². The minimum absolute atomic E-state index is 0.250. The van der Waals surface area contributed by atoms with Gasteiger partial charge in [0.25, 0.3) is 6.48 Å². The first-order chi connectivity index (χ1) is 5.76. The highest BCUT2D eigenvalue weighted by molar-refractivity contribution is 4.65. The fraction of sp³-hybridized carbons (Fsp3) is 1.00. The maximum Gasteiger partial charge on any atom is 0.272 e. The molecule has 3 atom stereocenters. The number of hydrogen-bond acceptors (Lipinski definition) is 3. The second-order valence-corrected chi connectivity index (χ2v) is 3.09. The van der Waals surface area contributed by atoms with Crippen molar-refractivity contribution in [3.8, 4) is 0 Å². The summed E-state index contributed by atoms with van der Waals surface area (Å²) in [4.78, 5) is 0. The predicted molar refractivity (Wildman–Crippen MR) is 45.7 cm³/mol. The van der Waals surface area contributed by atoms with Crippen LogP contribution in [-0.4, -0.2) is 25.3 Å². The standard InChI is InChI=1S/C9H18O3/c1-4-8-6-7(3)11-9(12-8)10-5-2/h7-9H,4-6H2,1-3H3. The summed E-state index contributed by atoms with van der Waals surface area (Å²) >= 11 is 0. The summed E-state index contributed by atoms with van der Waals surface area (Å²) in [7, 11) is 0. The SMILES string of the molecule is CCOC1OC(C)CC(CC)O1. The fourth-order valence-electron chi connectivity index (χ4n) is 1.34. The van der Waals surface area contributed by atoms with Crippen LogP contribution in [-0.2, 0) is 14.2 Å². The minimum atomic E-state index is -0.441. The van der Waals surface area contributed by atoms with E-state index in [2.05, 4.69) is 13.8 Å². The van der Waals surface area contributed by atoms with Crippen molar-refractivity contribution in [1.29, 1.82) is 0 Å². The number of rotatable bonds is 3. The monoisotopic (exact) mass is 174 g/mol. The van der Waals surface area contributed by atoms with E-state index < -0.39 is 6.48 Å². The lowest BCUT2D eigenvalue weighted by Gasteiger charge is -2.33. The van der Waals surface area contributed by atoms with Gasteiger partial charge in [-0.15, -0.1) is 0 Å². The van der Waals surface area contributed by atoms with E-state index in [9.17, 15) is 0 Å². The van der Waals surface area contributed by atoms with Gasteiger partial charge < -0.3 is 14.2 Å². The van der Waals surface area contributed by atoms with E-state index >= 15 is 0 Å². The molecule has 72 valence electrons. The number of ether oxygens (including phenoxy) is 3. The maximum atomic E-state index is 5.50. The van der Waals surface area contributed by atoms with Gasteiger partial charge in [-0.05, 0) is 26.7 Å². The molecule has 0 saturated carbocycles. The first-order valence-corrected chi connectivity index (χ1v) is 4.68. The molecule has 0 aliphatic carbocycles. The molecule has 1 aliphatic rings. The van der Waals surface area contributed by atoms with Crippen LogP contribution in [0.1, 0.15) is 33.6 Å². The van der Waals surface area contributed by atoms with Crippen molar-refractivity contribution < 1.29 is 14.2 Å². The average molecular weight is 174 g/mol. The molecule has 3 unspecified atom stereocenters. The lowest BCUT2D eigenvalue weighted by molar-refractivity contribution is -0.346. The summed E-state index contributed by atoms with van der Waals surface area (Å²) in [6.45, 7) is 6.30. The highest BCUT2D eigenvalue weighted by atomic mass is 16.9. The molecule has 0 radical (unpaired) electrons. The minimum Gasteiger partial charge on any atom is -0.330 e. The van der Waals surface area contributed by atoms with Gasteiger partial charge in [0, 0.05) is 6.61 Å². The van der Waals surface area contributed by atoms with Crippen molar-refractivity contribution in [2.45, 2.75) is 52.3 Å². The van der Waals surface area contributed by atoms with E-state index in [1.54, 1.807) is 0 Å². The zero-order chi connectivity index (χ0) is 8.97. The molecule has 0 amide bonds. The Labute approximate surface area is 74.0 Å². The van der Waals surface area contributed by atoms with Gasteiger partial charge in [-0.3, -0.25) is 0 Å². The van der Waals surface area contributed by atoms with Crippen molar-refractivity contribution in [3.63, 3.8) is 0 Å². The molecule has 1 saturated heterocycles. The third-order valence-electron chi connectivity index (χ3n) is 2.00. The third kappa shape index (κ3) is 2.73. The van der Waals surface area contributed by atoms with E-state index in [1.165, 1.54) is 0 Å². The van der Waals surface area contributed by atoms with Gasteiger partial charge in [0.2, 0.25) is 0 Å². The summed E-state index contributed by atoms with van der Waals surface area (Å²) in [5.74, 6) is 0. The van der Waals surface area contributed by atoms with Crippen LogP contribution in [0.3, 0.4) is 0 Å². The molecule has 3 heteroatoms. The van der Waals surface area contributed by atoms with Crippen molar-refractivity contribution in [2.75, 3.05) is 6.61 Å². The lowest BCUT2D eigenvalue weighted by Crippen LogP contribution is -2.38. The molecule has 0 bridgehead atoms. The Bertz CT molecular complexity index is 127. The van der Waals surface area contributed by atoms with Crippen LogP contribution in [0.15, 0.2) is 0 Å². The zero-order valence-corrected chi connectivity index (χ0v) is 8.08. The molecule has 0 aromatic carbocycles. The molecule has 1 heterocycles. The fourth-order valence-corrected chi connectivity index (χ4v) is 1.34. The Morgan fingerprint density at radius 2 is 2.08 bits per heavy atom. The third-order valence-corrected chi connectivity index (χ3v) is 2.00. The topological polar surface area (TPSA) is 27.7 Å². The Balaban J connectivity index is 2.34. The Morgan fingerprint density at radius 3 is 2.67 bits per heavy atom. The van der Waals surface area contributed by atoms with Crippen LogP contribution in [0.4, 0.5) is 0 Å². The summed E-state index contributed by atoms with van der Waals surface area (Å²) in [5, 5.41) is 0. The van der Waals surface area contributed by atoms with Crippen LogP contribution in [0.5, 0.6) is 0 Å². The van der Waals surface area contributed by atoms with E-state index in [0.29, 0.717) is 12.7 Å². The second-order valence-electron chi connectivity index (χ2n) is 3.09. The van der Waals surface area contributed by atoms with E-state index in [1.807, 2.05) is 6.92 Å². The Hall–Kier alpha value is -0.120. The highest BCUT2D eigenvalue weighted by Gasteiger charge is 2.26. The Kier molecular flexibility index (Phi) is 3.98. The highest BCUT2D eigenvalue weighted by Crippen LogP contribution is 2.20. The molecule has 0 aromatic rings. The summed E-state index contributed by atoms with van der Waals surface area (Å²) in [6.07, 6.45) is 2.54. The molecule has 0 spiro atoms. The summed E-state index contributed by atoms with van der Waals surface area (Å²) < 4.78 is 16.2. The molecule has 0 aromatic heterocycles. The molecular formula is C9H18O3. The van der Waals surface area contributed by atoms with Gasteiger partial charge in [-0.1, -0.05) is 6.92 Å². The van der Waals surface area contributed by atoms with E-state index in [0.717, 1.165) is 12.8 Å². The van der Waals surface area contributed by atoms with Gasteiger partial charge in [-0.25, -0.2) is 0 Å². The van der Waals surface area contributed by atoms with Crippen molar-refractivity contribution in [2.24, 2.45) is 0 Å². The quantitative estimate of drug-likeness (QED) is 0.654. The second kappa shape index (κ2) is 4.80. The van der Waals surface area contributed by atoms with Crippen LogP contribution in [0, 0.1) is 0 Å². The molecular weight excluding hydrogens is 156 g/mol. The van der Waals surface area contributed by atoms with Crippen LogP contribution < -0.4 is 0 Å². The first kappa shape index (κ1) is 9.96. The van der Waals surface area contributed by atoms with Crippen molar-refractivity contribution in [1.82, 2.24) is 0 Å². The average Bonchev–Trinajstić information content (AvgIpc) is 2.04. The van der Waals surface area contributed by atoms with Crippen LogP contribution >= 0.6 is 0 Å². The van der Waals surface area contributed by atoms with Gasteiger partial charge in [0.15, 0.2) is 0 Å². The molecule has 1 aliphatic heterocycles. The van der Waals surface area contributed by atoms with Gasteiger partial charge in [-0.2, -0.15) is 0 Å². The smallest absolute Gasteiger partial charge is 0.272 e. The van der Waals surface area contributed by atoms with E-state index in [-0.39, 0.29) is 6.10 Å². The molecule has 1 rings (SSSR count).